The van der Waals surface area contributed by atoms with Crippen LogP contribution in [0.5, 0.6) is 0 Å². The van der Waals surface area contributed by atoms with Crippen molar-refractivity contribution in [3.05, 3.63) is 71.6 Å². The summed E-state index contributed by atoms with van der Waals surface area (Å²) in [6.45, 7) is 5.05. The van der Waals surface area contributed by atoms with Gasteiger partial charge in [0.05, 0.1) is 6.54 Å². The van der Waals surface area contributed by atoms with Gasteiger partial charge in [-0.2, -0.15) is 0 Å². The molecular formula is C25H31N3O. The molecule has 3 aromatic rings. The van der Waals surface area contributed by atoms with Crippen LogP contribution < -0.4 is 5.32 Å². The molecule has 0 aliphatic heterocycles. The third-order valence-electron chi connectivity index (χ3n) is 6.00. The molecule has 29 heavy (non-hydrogen) atoms. The summed E-state index contributed by atoms with van der Waals surface area (Å²) in [6, 6.07) is 19.4. The Bertz CT molecular complexity index is 880. The molecule has 152 valence electrons. The first-order chi connectivity index (χ1) is 14.2. The van der Waals surface area contributed by atoms with Gasteiger partial charge in [0.1, 0.15) is 0 Å². The molecule has 0 saturated heterocycles. The Labute approximate surface area is 173 Å². The lowest BCUT2D eigenvalue weighted by Crippen LogP contribution is -2.25. The fourth-order valence-electron chi connectivity index (χ4n) is 4.37. The smallest absolute Gasteiger partial charge is 0.247 e. The lowest BCUT2D eigenvalue weighted by Gasteiger charge is -2.25. The highest BCUT2D eigenvalue weighted by molar-refractivity contribution is 5.51. The minimum Gasteiger partial charge on any atom is -0.419 e. The molecule has 1 unspecified atom stereocenters. The Hall–Kier alpha value is -2.46. The zero-order valence-corrected chi connectivity index (χ0v) is 17.5. The number of hydrogen-bond donors (Lipinski definition) is 1. The lowest BCUT2D eigenvalue weighted by molar-refractivity contribution is 0.380. The van der Waals surface area contributed by atoms with E-state index in [1.807, 2.05) is 30.3 Å². The molecule has 1 aromatic heterocycles. The van der Waals surface area contributed by atoms with Crippen molar-refractivity contribution in [1.82, 2.24) is 15.5 Å². The predicted octanol–water partition coefficient (Wildman–Crippen LogP) is 6.27. The highest BCUT2D eigenvalue weighted by atomic mass is 16.4. The molecule has 4 heteroatoms. The molecular weight excluding hydrogens is 358 g/mol. The third kappa shape index (κ3) is 4.94. The molecule has 2 aromatic carbocycles. The quantitative estimate of drug-likeness (QED) is 0.517. The van der Waals surface area contributed by atoms with E-state index < -0.39 is 0 Å². The maximum atomic E-state index is 5.85. The molecule has 1 saturated carbocycles. The Morgan fingerprint density at radius 1 is 0.931 bits per heavy atom. The van der Waals surface area contributed by atoms with Crippen molar-refractivity contribution in [2.75, 3.05) is 0 Å². The molecule has 4 rings (SSSR count). The molecule has 0 bridgehead atoms. The van der Waals surface area contributed by atoms with Crippen molar-refractivity contribution in [2.24, 2.45) is 5.92 Å². The molecule has 1 aliphatic carbocycles. The zero-order chi connectivity index (χ0) is 20.1. The molecule has 1 heterocycles. The van der Waals surface area contributed by atoms with Crippen molar-refractivity contribution in [3.8, 4) is 11.5 Å². The number of nitrogens with one attached hydrogen (secondary N) is 1. The van der Waals surface area contributed by atoms with Crippen LogP contribution in [0.2, 0.25) is 0 Å². The van der Waals surface area contributed by atoms with E-state index in [2.05, 4.69) is 53.6 Å². The average Bonchev–Trinajstić information content (AvgIpc) is 3.24. The van der Waals surface area contributed by atoms with Crippen LogP contribution in [0.1, 0.15) is 74.9 Å². The van der Waals surface area contributed by atoms with Gasteiger partial charge in [0.2, 0.25) is 11.8 Å². The van der Waals surface area contributed by atoms with Crippen molar-refractivity contribution in [3.63, 3.8) is 0 Å². The first kappa shape index (κ1) is 19.8. The Kier molecular flexibility index (Phi) is 6.40. The highest BCUT2D eigenvalue weighted by Gasteiger charge is 2.19. The average molecular weight is 390 g/mol. The van der Waals surface area contributed by atoms with Crippen LogP contribution in [0, 0.1) is 5.92 Å². The SMILES string of the molecule is CC(C)C(NCc1nnc(-c2ccccc2)o1)c1ccc(C2CCCCC2)cc1. The first-order valence-corrected chi connectivity index (χ1v) is 10.9. The number of aromatic nitrogens is 2. The lowest BCUT2D eigenvalue weighted by atomic mass is 9.83. The molecule has 1 N–H and O–H groups in total. The summed E-state index contributed by atoms with van der Waals surface area (Å²) >= 11 is 0. The number of nitrogens with zero attached hydrogens (tertiary/aromatic N) is 2. The van der Waals surface area contributed by atoms with Gasteiger partial charge in [-0.05, 0) is 47.9 Å². The molecule has 1 aliphatic rings. The predicted molar refractivity (Wildman–Crippen MR) is 116 cm³/mol. The standard InChI is InChI=1S/C25H31N3O/c1-18(2)24(21-15-13-20(14-16-21)19-9-5-3-6-10-19)26-17-23-27-28-25(29-23)22-11-7-4-8-12-22/h4,7-8,11-16,18-19,24,26H,3,5-6,9-10,17H2,1-2H3. The second kappa shape index (κ2) is 9.36. The molecule has 1 fully saturated rings. The van der Waals surface area contributed by atoms with Crippen LogP contribution in [-0.4, -0.2) is 10.2 Å². The van der Waals surface area contributed by atoms with Crippen molar-refractivity contribution in [1.29, 1.82) is 0 Å². The Balaban J connectivity index is 1.41. The van der Waals surface area contributed by atoms with Gasteiger partial charge in [-0.1, -0.05) is 75.6 Å². The maximum absolute atomic E-state index is 5.85. The van der Waals surface area contributed by atoms with Crippen LogP contribution in [0.4, 0.5) is 0 Å². The molecule has 0 radical (unpaired) electrons. The van der Waals surface area contributed by atoms with E-state index in [-0.39, 0.29) is 6.04 Å². The second-order valence-corrected chi connectivity index (χ2v) is 8.47. The molecule has 4 nitrogen and oxygen atoms in total. The molecule has 0 spiro atoms. The summed E-state index contributed by atoms with van der Waals surface area (Å²) in [4.78, 5) is 0. The van der Waals surface area contributed by atoms with Crippen molar-refractivity contribution < 1.29 is 4.42 Å². The zero-order valence-electron chi connectivity index (χ0n) is 17.5. The monoisotopic (exact) mass is 389 g/mol. The summed E-state index contributed by atoms with van der Waals surface area (Å²) in [5.41, 5.74) is 3.77. The van der Waals surface area contributed by atoms with E-state index in [9.17, 15) is 0 Å². The van der Waals surface area contributed by atoms with E-state index in [1.54, 1.807) is 0 Å². The van der Waals surface area contributed by atoms with Gasteiger partial charge in [-0.3, -0.25) is 0 Å². The van der Waals surface area contributed by atoms with Crippen LogP contribution >= 0.6 is 0 Å². The van der Waals surface area contributed by atoms with Gasteiger partial charge in [0, 0.05) is 11.6 Å². The summed E-state index contributed by atoms with van der Waals surface area (Å²) < 4.78 is 5.85. The topological polar surface area (TPSA) is 51.0 Å². The van der Waals surface area contributed by atoms with E-state index in [0.717, 1.165) is 11.5 Å². The van der Waals surface area contributed by atoms with E-state index in [1.165, 1.54) is 43.2 Å². The van der Waals surface area contributed by atoms with Gasteiger partial charge in [-0.15, -0.1) is 10.2 Å². The van der Waals surface area contributed by atoms with Crippen LogP contribution in [0.15, 0.2) is 59.0 Å². The van der Waals surface area contributed by atoms with Crippen LogP contribution in [0.3, 0.4) is 0 Å². The van der Waals surface area contributed by atoms with Gasteiger partial charge in [0.15, 0.2) is 0 Å². The number of rotatable bonds is 7. The first-order valence-electron chi connectivity index (χ1n) is 10.9. The van der Waals surface area contributed by atoms with Crippen molar-refractivity contribution >= 4 is 0 Å². The summed E-state index contributed by atoms with van der Waals surface area (Å²) in [7, 11) is 0. The van der Waals surface area contributed by atoms with Crippen molar-refractivity contribution in [2.45, 2.75) is 64.5 Å². The highest BCUT2D eigenvalue weighted by Crippen LogP contribution is 2.33. The Morgan fingerprint density at radius 3 is 2.34 bits per heavy atom. The minimum absolute atomic E-state index is 0.252. The van der Waals surface area contributed by atoms with Crippen LogP contribution in [0.25, 0.3) is 11.5 Å². The van der Waals surface area contributed by atoms with E-state index in [0.29, 0.717) is 24.2 Å². The van der Waals surface area contributed by atoms with E-state index in [4.69, 9.17) is 4.42 Å². The molecule has 0 amide bonds. The normalized spacial score (nSPS) is 16.2. The third-order valence-corrected chi connectivity index (χ3v) is 6.00. The number of hydrogen-bond acceptors (Lipinski definition) is 4. The van der Waals surface area contributed by atoms with E-state index >= 15 is 0 Å². The van der Waals surface area contributed by atoms with Crippen LogP contribution in [-0.2, 0) is 6.54 Å². The summed E-state index contributed by atoms with van der Waals surface area (Å²) in [5, 5.41) is 12.0. The Morgan fingerprint density at radius 2 is 1.66 bits per heavy atom. The fourth-order valence-corrected chi connectivity index (χ4v) is 4.37. The second-order valence-electron chi connectivity index (χ2n) is 8.47. The van der Waals surface area contributed by atoms with Gasteiger partial charge < -0.3 is 9.73 Å². The summed E-state index contributed by atoms with van der Waals surface area (Å²) in [5.74, 6) is 2.40. The van der Waals surface area contributed by atoms with Gasteiger partial charge in [0.25, 0.3) is 0 Å². The van der Waals surface area contributed by atoms with Gasteiger partial charge >= 0.3 is 0 Å². The minimum atomic E-state index is 0.252. The number of benzene rings is 2. The maximum Gasteiger partial charge on any atom is 0.247 e. The largest absolute Gasteiger partial charge is 0.419 e. The fraction of sp³-hybridized carbons (Fsp3) is 0.440. The molecule has 1 atom stereocenters. The van der Waals surface area contributed by atoms with Gasteiger partial charge in [-0.25, -0.2) is 0 Å². The summed E-state index contributed by atoms with van der Waals surface area (Å²) in [6.07, 6.45) is 6.82.